The Labute approximate surface area is 274 Å². The molecule has 9 nitrogen and oxygen atoms in total. The van der Waals surface area contributed by atoms with Gasteiger partial charge >= 0.3 is 0 Å². The number of nitrogens with zero attached hydrogens (tertiary/aromatic N) is 2. The van der Waals surface area contributed by atoms with E-state index >= 15 is 4.39 Å². The number of carbonyl (C=O) groups is 2. The summed E-state index contributed by atoms with van der Waals surface area (Å²) >= 11 is 6.14. The predicted molar refractivity (Wildman–Crippen MR) is 175 cm³/mol. The zero-order valence-corrected chi connectivity index (χ0v) is 26.4. The maximum absolute atomic E-state index is 15.4. The molecule has 1 aromatic heterocycles. The first-order valence-electron chi connectivity index (χ1n) is 14.9. The number of amides is 2. The molecule has 6 rings (SSSR count). The first-order chi connectivity index (χ1) is 22.4. The molecule has 242 valence electrons. The second-order valence-corrected chi connectivity index (χ2v) is 12.3. The minimum Gasteiger partial charge on any atom is -0.495 e. The molecule has 1 aliphatic carbocycles. The van der Waals surface area contributed by atoms with Crippen LogP contribution >= 0.6 is 11.6 Å². The van der Waals surface area contributed by atoms with E-state index in [4.69, 9.17) is 37.5 Å². The fourth-order valence-corrected chi connectivity index (χ4v) is 5.68. The summed E-state index contributed by atoms with van der Waals surface area (Å²) in [7, 11) is 1.42. The number of benzene rings is 3. The maximum atomic E-state index is 15.4. The summed E-state index contributed by atoms with van der Waals surface area (Å²) in [6.45, 7) is 1.65. The summed E-state index contributed by atoms with van der Waals surface area (Å²) < 4.78 is 41.0. The first-order valence-corrected chi connectivity index (χ1v) is 15.3. The van der Waals surface area contributed by atoms with Gasteiger partial charge in [-0.2, -0.15) is 0 Å². The van der Waals surface area contributed by atoms with Gasteiger partial charge in [-0.3, -0.25) is 14.6 Å². The van der Waals surface area contributed by atoms with Crippen LogP contribution in [0.25, 0.3) is 11.3 Å². The Morgan fingerprint density at radius 1 is 1.17 bits per heavy atom. The van der Waals surface area contributed by atoms with E-state index < -0.39 is 34.8 Å². The van der Waals surface area contributed by atoms with E-state index in [-0.39, 0.29) is 52.2 Å². The molecule has 0 saturated heterocycles. The number of methoxy groups -OCH3 is 1. The number of primary amides is 1. The lowest BCUT2D eigenvalue weighted by molar-refractivity contribution is -0.123. The number of aromatic nitrogens is 1. The van der Waals surface area contributed by atoms with Crippen LogP contribution in [-0.4, -0.2) is 49.1 Å². The molecule has 2 heterocycles. The van der Waals surface area contributed by atoms with Crippen molar-refractivity contribution in [1.29, 1.82) is 0 Å². The van der Waals surface area contributed by atoms with Crippen molar-refractivity contribution in [2.45, 2.75) is 36.9 Å². The number of aliphatic imine (C=N–C) groups is 1. The first kappa shape index (κ1) is 31.9. The highest BCUT2D eigenvalue weighted by Gasteiger charge is 2.45. The van der Waals surface area contributed by atoms with Crippen molar-refractivity contribution in [3.8, 4) is 22.8 Å². The van der Waals surface area contributed by atoms with Gasteiger partial charge < -0.3 is 26.3 Å². The maximum Gasteiger partial charge on any atom is 0.251 e. The third-order valence-corrected chi connectivity index (χ3v) is 8.91. The van der Waals surface area contributed by atoms with Gasteiger partial charge in [0.2, 0.25) is 5.91 Å². The molecule has 0 spiro atoms. The number of pyridine rings is 1. The summed E-state index contributed by atoms with van der Waals surface area (Å²) in [4.78, 5) is 35.2. The normalized spacial score (nSPS) is 18.3. The highest BCUT2D eigenvalue weighted by Crippen LogP contribution is 2.46. The number of nitrogen functional groups attached to an aromatic ring is 1. The summed E-state index contributed by atoms with van der Waals surface area (Å²) in [6.07, 6.45) is 1.97. The minimum atomic E-state index is -1.60. The van der Waals surface area contributed by atoms with E-state index in [2.05, 4.69) is 10.3 Å². The Morgan fingerprint density at radius 2 is 1.91 bits per heavy atom. The monoisotopic (exact) mass is 659 g/mol. The molecule has 5 N–H and O–H groups in total. The van der Waals surface area contributed by atoms with Crippen LogP contribution in [0.5, 0.6) is 11.5 Å². The molecule has 3 aromatic carbocycles. The van der Waals surface area contributed by atoms with Gasteiger partial charge in [0.25, 0.3) is 5.91 Å². The van der Waals surface area contributed by atoms with Crippen LogP contribution in [0.3, 0.4) is 0 Å². The number of carbonyl (C=O) groups excluding carboxylic acids is 2. The van der Waals surface area contributed by atoms with Crippen LogP contribution in [-0.2, 0) is 10.2 Å². The molecule has 0 bridgehead atoms. The van der Waals surface area contributed by atoms with Crippen LogP contribution in [0.1, 0.15) is 58.4 Å². The number of halogens is 3. The zero-order valence-electron chi connectivity index (χ0n) is 25.6. The van der Waals surface area contributed by atoms with Crippen LogP contribution in [0.4, 0.5) is 14.5 Å². The van der Waals surface area contributed by atoms with Crippen molar-refractivity contribution in [1.82, 2.24) is 10.3 Å². The summed E-state index contributed by atoms with van der Waals surface area (Å²) in [5.74, 6) is -3.48. The van der Waals surface area contributed by atoms with Crippen molar-refractivity contribution in [3.05, 3.63) is 106 Å². The standard InChI is InChI=1S/C35H32ClF2N5O4/c1-34(33(40)45)18-47-31-24(34)15-26(43-30(31)22-9-6-10-25(36)28(22)37)23(19-7-4-3-5-8-19)17-41-32(44)20-13-21(16-42-35(38)11-12-35)29(39)27(14-20)46-2/h3-10,13-16,23H,11-12,17-18,39H2,1-2H3,(H2,40,45)(H,41,44)/b42-16+/t23-,34-/m0/s1. The molecule has 2 amide bonds. The lowest BCUT2D eigenvalue weighted by Crippen LogP contribution is -2.40. The number of nitrogens with two attached hydrogens (primary N) is 2. The lowest BCUT2D eigenvalue weighted by atomic mass is 9.81. The Balaban J connectivity index is 1.41. The van der Waals surface area contributed by atoms with E-state index in [0.29, 0.717) is 29.7 Å². The Hall–Kier alpha value is -5.03. The van der Waals surface area contributed by atoms with Crippen molar-refractivity contribution >= 4 is 35.3 Å². The number of hydrogen-bond donors (Lipinski definition) is 3. The van der Waals surface area contributed by atoms with E-state index in [1.807, 2.05) is 30.3 Å². The summed E-state index contributed by atoms with van der Waals surface area (Å²) in [5, 5.41) is 2.85. The molecule has 2 atom stereocenters. The number of ether oxygens (including phenoxy) is 2. The summed E-state index contributed by atoms with van der Waals surface area (Å²) in [5.41, 5.74) is 13.5. The Bertz CT molecular complexity index is 1920. The molecule has 1 saturated carbocycles. The number of rotatable bonds is 10. The molecule has 1 aliphatic heterocycles. The van der Waals surface area contributed by atoms with Gasteiger partial charge in [0.1, 0.15) is 29.2 Å². The largest absolute Gasteiger partial charge is 0.495 e. The minimum absolute atomic E-state index is 0.0456. The van der Waals surface area contributed by atoms with E-state index in [1.54, 1.807) is 19.1 Å². The molecule has 0 radical (unpaired) electrons. The van der Waals surface area contributed by atoms with Crippen LogP contribution in [0.2, 0.25) is 5.02 Å². The molecule has 12 heteroatoms. The van der Waals surface area contributed by atoms with Gasteiger partial charge in [0, 0.05) is 53.8 Å². The molecular formula is C35H32ClF2N5O4. The van der Waals surface area contributed by atoms with E-state index in [9.17, 15) is 14.0 Å². The van der Waals surface area contributed by atoms with Crippen molar-refractivity contribution < 1.29 is 27.8 Å². The van der Waals surface area contributed by atoms with Crippen molar-refractivity contribution in [2.24, 2.45) is 10.7 Å². The number of fused-ring (bicyclic) bond motifs is 1. The van der Waals surface area contributed by atoms with E-state index in [0.717, 1.165) is 5.56 Å². The number of alkyl halides is 1. The topological polar surface area (TPSA) is 142 Å². The van der Waals surface area contributed by atoms with Crippen LogP contribution < -0.4 is 26.3 Å². The average molecular weight is 660 g/mol. The van der Waals surface area contributed by atoms with Crippen LogP contribution in [0, 0.1) is 5.82 Å². The smallest absolute Gasteiger partial charge is 0.251 e. The van der Waals surface area contributed by atoms with Gasteiger partial charge in [-0.05, 0) is 42.8 Å². The number of anilines is 1. The summed E-state index contributed by atoms with van der Waals surface area (Å²) in [6, 6.07) is 18.6. The second kappa shape index (κ2) is 12.3. The van der Waals surface area contributed by atoms with Gasteiger partial charge in [0.05, 0.1) is 23.5 Å². The average Bonchev–Trinajstić information content (AvgIpc) is 3.71. The van der Waals surface area contributed by atoms with Gasteiger partial charge in [0.15, 0.2) is 11.6 Å². The van der Waals surface area contributed by atoms with Crippen LogP contribution in [0.15, 0.2) is 71.7 Å². The highest BCUT2D eigenvalue weighted by atomic mass is 35.5. The molecular weight excluding hydrogens is 628 g/mol. The molecule has 0 unspecified atom stereocenters. The second-order valence-electron chi connectivity index (χ2n) is 11.9. The lowest BCUT2D eigenvalue weighted by Gasteiger charge is -2.23. The van der Waals surface area contributed by atoms with Gasteiger partial charge in [-0.15, -0.1) is 0 Å². The third-order valence-electron chi connectivity index (χ3n) is 8.62. The quantitative estimate of drug-likeness (QED) is 0.113. The number of nitrogens with one attached hydrogen (secondary N) is 1. The zero-order chi connectivity index (χ0) is 33.5. The van der Waals surface area contributed by atoms with Gasteiger partial charge in [-0.25, -0.2) is 13.8 Å². The Morgan fingerprint density at radius 3 is 2.60 bits per heavy atom. The Kier molecular flexibility index (Phi) is 8.35. The number of hydrogen-bond acceptors (Lipinski definition) is 7. The van der Waals surface area contributed by atoms with Crippen molar-refractivity contribution in [2.75, 3.05) is 26.0 Å². The third kappa shape index (κ3) is 6.10. The van der Waals surface area contributed by atoms with Crippen molar-refractivity contribution in [3.63, 3.8) is 0 Å². The molecule has 47 heavy (non-hydrogen) atoms. The van der Waals surface area contributed by atoms with Gasteiger partial charge in [-0.1, -0.05) is 48.0 Å². The molecule has 4 aromatic rings. The SMILES string of the molecule is COc1cc(C(=O)NC[C@@H](c2ccccc2)c2cc3c(c(-c4cccc(Cl)c4F)n2)OC[C@]3(C)C(N)=O)cc(/C=N/C2(F)CC2)c1N. The predicted octanol–water partition coefficient (Wildman–Crippen LogP) is 5.71. The highest BCUT2D eigenvalue weighted by molar-refractivity contribution is 6.31. The molecule has 2 aliphatic rings. The fraction of sp³-hybridized carbons (Fsp3) is 0.257. The molecule has 1 fully saturated rings. The fourth-order valence-electron chi connectivity index (χ4n) is 5.50. The van der Waals surface area contributed by atoms with E-state index in [1.165, 1.54) is 37.6 Å².